The van der Waals surface area contributed by atoms with Crippen molar-refractivity contribution < 1.29 is 14.3 Å². The molecule has 0 aromatic carbocycles. The molecule has 0 saturated carbocycles. The maximum atomic E-state index is 11.9. The van der Waals surface area contributed by atoms with Crippen LogP contribution in [0.2, 0.25) is 0 Å². The van der Waals surface area contributed by atoms with Crippen molar-refractivity contribution in [2.24, 2.45) is 5.73 Å². The molecule has 1 heterocycles. The van der Waals surface area contributed by atoms with Crippen LogP contribution < -0.4 is 5.73 Å². The summed E-state index contributed by atoms with van der Waals surface area (Å²) in [6.07, 6.45) is 1.40. The molecule has 0 bridgehead atoms. The Morgan fingerprint density at radius 2 is 2.31 bits per heavy atom. The molecule has 0 radical (unpaired) electrons. The van der Waals surface area contributed by atoms with E-state index in [1.807, 2.05) is 6.92 Å². The van der Waals surface area contributed by atoms with Crippen molar-refractivity contribution in [2.75, 3.05) is 33.4 Å². The first-order chi connectivity index (χ1) is 7.69. The lowest BCUT2D eigenvalue weighted by Crippen LogP contribution is -2.38. The van der Waals surface area contributed by atoms with E-state index in [4.69, 9.17) is 15.2 Å². The molecule has 5 nitrogen and oxygen atoms in total. The van der Waals surface area contributed by atoms with E-state index in [9.17, 15) is 4.79 Å². The number of nitrogens with zero attached hydrogens (tertiary/aromatic N) is 1. The highest BCUT2D eigenvalue weighted by atomic mass is 16.5. The molecule has 0 aliphatic carbocycles. The van der Waals surface area contributed by atoms with Crippen molar-refractivity contribution in [3.05, 3.63) is 0 Å². The van der Waals surface area contributed by atoms with Crippen LogP contribution in [0.4, 0.5) is 0 Å². The fraction of sp³-hybridized carbons (Fsp3) is 0.909. The summed E-state index contributed by atoms with van der Waals surface area (Å²) in [7, 11) is 1.78. The van der Waals surface area contributed by atoms with Crippen LogP contribution in [-0.4, -0.2) is 56.4 Å². The van der Waals surface area contributed by atoms with Crippen LogP contribution in [0.3, 0.4) is 0 Å². The topological polar surface area (TPSA) is 64.8 Å². The second-order valence-corrected chi connectivity index (χ2v) is 4.02. The van der Waals surface area contributed by atoms with Gasteiger partial charge in [-0.25, -0.2) is 0 Å². The van der Waals surface area contributed by atoms with Gasteiger partial charge in [0, 0.05) is 26.7 Å². The number of hydrogen-bond donors (Lipinski definition) is 1. The number of carbonyl (C=O) groups excluding carboxylic acids is 1. The summed E-state index contributed by atoms with van der Waals surface area (Å²) >= 11 is 0. The molecule has 1 saturated heterocycles. The number of carbonyl (C=O) groups is 1. The monoisotopic (exact) mass is 230 g/mol. The zero-order valence-corrected chi connectivity index (χ0v) is 10.1. The molecular weight excluding hydrogens is 208 g/mol. The third kappa shape index (κ3) is 3.73. The molecule has 0 spiro atoms. The van der Waals surface area contributed by atoms with E-state index in [2.05, 4.69) is 0 Å². The minimum Gasteiger partial charge on any atom is -0.380 e. The Morgan fingerprint density at radius 3 is 2.88 bits per heavy atom. The summed E-state index contributed by atoms with van der Waals surface area (Å²) in [5, 5.41) is 0. The van der Waals surface area contributed by atoms with Crippen LogP contribution in [0.5, 0.6) is 0 Å². The summed E-state index contributed by atoms with van der Waals surface area (Å²) < 4.78 is 10.7. The van der Waals surface area contributed by atoms with Gasteiger partial charge in [-0.1, -0.05) is 0 Å². The lowest BCUT2D eigenvalue weighted by atomic mass is 10.2. The van der Waals surface area contributed by atoms with Crippen molar-refractivity contribution in [3.63, 3.8) is 0 Å². The molecule has 5 heteroatoms. The number of likely N-dealkylation sites (N-methyl/N-ethyl adjacent to an activating group) is 1. The summed E-state index contributed by atoms with van der Waals surface area (Å²) in [5.74, 6) is 0.0376. The van der Waals surface area contributed by atoms with E-state index in [1.54, 1.807) is 11.9 Å². The Kier molecular flexibility index (Phi) is 5.73. The molecule has 2 N–H and O–H groups in total. The second kappa shape index (κ2) is 6.83. The number of hydrogen-bond acceptors (Lipinski definition) is 4. The number of nitrogens with two attached hydrogens (primary N) is 1. The molecular formula is C11H22N2O3. The molecule has 1 amide bonds. The second-order valence-electron chi connectivity index (χ2n) is 4.02. The van der Waals surface area contributed by atoms with Gasteiger partial charge >= 0.3 is 0 Å². The zero-order valence-electron chi connectivity index (χ0n) is 10.1. The van der Waals surface area contributed by atoms with Gasteiger partial charge in [0.1, 0.15) is 6.10 Å². The first-order valence-corrected chi connectivity index (χ1v) is 5.87. The molecule has 2 unspecified atom stereocenters. The maximum Gasteiger partial charge on any atom is 0.251 e. The van der Waals surface area contributed by atoms with Gasteiger partial charge in [0.15, 0.2) is 0 Å². The Balaban J connectivity index is 2.28. The third-order valence-electron chi connectivity index (χ3n) is 2.80. The zero-order chi connectivity index (χ0) is 12.0. The Morgan fingerprint density at radius 1 is 1.56 bits per heavy atom. The van der Waals surface area contributed by atoms with Gasteiger partial charge < -0.3 is 20.1 Å². The van der Waals surface area contributed by atoms with Crippen LogP contribution in [0, 0.1) is 0 Å². The van der Waals surface area contributed by atoms with Crippen molar-refractivity contribution >= 4 is 5.91 Å². The smallest absolute Gasteiger partial charge is 0.251 e. The average Bonchev–Trinajstić information content (AvgIpc) is 2.76. The first-order valence-electron chi connectivity index (χ1n) is 5.87. The first kappa shape index (κ1) is 13.4. The van der Waals surface area contributed by atoms with E-state index in [-0.39, 0.29) is 18.1 Å². The van der Waals surface area contributed by atoms with E-state index < -0.39 is 0 Å². The van der Waals surface area contributed by atoms with Gasteiger partial charge in [-0.05, 0) is 19.8 Å². The van der Waals surface area contributed by atoms with E-state index in [0.29, 0.717) is 26.3 Å². The van der Waals surface area contributed by atoms with Gasteiger partial charge in [0.25, 0.3) is 5.91 Å². The fourth-order valence-electron chi connectivity index (χ4n) is 1.76. The van der Waals surface area contributed by atoms with Crippen LogP contribution in [0.15, 0.2) is 0 Å². The van der Waals surface area contributed by atoms with Gasteiger partial charge in [-0.15, -0.1) is 0 Å². The minimum absolute atomic E-state index is 0.0376. The summed E-state index contributed by atoms with van der Waals surface area (Å²) in [6.45, 7) is 4.29. The highest BCUT2D eigenvalue weighted by molar-refractivity contribution is 5.80. The van der Waals surface area contributed by atoms with Crippen molar-refractivity contribution in [3.8, 4) is 0 Å². The van der Waals surface area contributed by atoms with E-state index >= 15 is 0 Å². The average molecular weight is 230 g/mol. The summed E-state index contributed by atoms with van der Waals surface area (Å²) in [6, 6.07) is 0. The lowest BCUT2D eigenvalue weighted by molar-refractivity contribution is -0.142. The largest absolute Gasteiger partial charge is 0.380 e. The molecule has 2 atom stereocenters. The lowest BCUT2D eigenvalue weighted by Gasteiger charge is -2.21. The van der Waals surface area contributed by atoms with Gasteiger partial charge in [-0.2, -0.15) is 0 Å². The summed E-state index contributed by atoms with van der Waals surface area (Å²) in [5.41, 5.74) is 5.50. The van der Waals surface area contributed by atoms with Crippen molar-refractivity contribution in [1.82, 2.24) is 4.90 Å². The molecule has 1 fully saturated rings. The Bertz CT molecular complexity index is 223. The van der Waals surface area contributed by atoms with Gasteiger partial charge in [-0.3, -0.25) is 4.79 Å². The molecule has 1 aliphatic rings. The van der Waals surface area contributed by atoms with Crippen LogP contribution in [0.25, 0.3) is 0 Å². The maximum absolute atomic E-state index is 11.9. The molecule has 1 rings (SSSR count). The highest BCUT2D eigenvalue weighted by Crippen LogP contribution is 2.20. The summed E-state index contributed by atoms with van der Waals surface area (Å²) in [4.78, 5) is 13.6. The third-order valence-corrected chi connectivity index (χ3v) is 2.80. The van der Waals surface area contributed by atoms with Crippen molar-refractivity contribution in [1.29, 1.82) is 0 Å². The SMILES string of the molecule is CCOCCN(C)C(=O)C1CCC(CN)O1. The predicted octanol–water partition coefficient (Wildman–Crippen LogP) is -0.0124. The van der Waals surface area contributed by atoms with Crippen LogP contribution >= 0.6 is 0 Å². The van der Waals surface area contributed by atoms with E-state index in [1.165, 1.54) is 0 Å². The quantitative estimate of drug-likeness (QED) is 0.652. The van der Waals surface area contributed by atoms with Crippen LogP contribution in [0.1, 0.15) is 19.8 Å². The molecule has 1 aliphatic heterocycles. The molecule has 94 valence electrons. The van der Waals surface area contributed by atoms with Crippen LogP contribution in [-0.2, 0) is 14.3 Å². The highest BCUT2D eigenvalue weighted by Gasteiger charge is 2.31. The Hall–Kier alpha value is -0.650. The fourth-order valence-corrected chi connectivity index (χ4v) is 1.76. The number of amides is 1. The van der Waals surface area contributed by atoms with Gasteiger partial charge in [0.2, 0.25) is 0 Å². The normalized spacial score (nSPS) is 24.7. The number of rotatable bonds is 6. The molecule has 0 aromatic heterocycles. The molecule has 16 heavy (non-hydrogen) atoms. The van der Waals surface area contributed by atoms with Gasteiger partial charge in [0.05, 0.1) is 12.7 Å². The van der Waals surface area contributed by atoms with E-state index in [0.717, 1.165) is 12.8 Å². The standard InChI is InChI=1S/C11H22N2O3/c1-3-15-7-6-13(2)11(14)10-5-4-9(8-12)16-10/h9-10H,3-8,12H2,1-2H3. The predicted molar refractivity (Wildman–Crippen MR) is 61.1 cm³/mol. The van der Waals surface area contributed by atoms with Crippen molar-refractivity contribution in [2.45, 2.75) is 32.0 Å². The minimum atomic E-state index is -0.305. The molecule has 0 aromatic rings. The Labute approximate surface area is 96.9 Å². The number of ether oxygens (including phenoxy) is 2.